The summed E-state index contributed by atoms with van der Waals surface area (Å²) in [4.78, 5) is 29.9. The Hall–Kier alpha value is -3.66. The maximum absolute atomic E-state index is 14.5. The predicted molar refractivity (Wildman–Crippen MR) is 179 cm³/mol. The average Bonchev–Trinajstić information content (AvgIpc) is 2.98. The maximum Gasteiger partial charge on any atom is 0.264 e. The third-order valence-corrected chi connectivity index (χ3v) is 9.29. The van der Waals surface area contributed by atoms with Crippen molar-refractivity contribution in [3.63, 3.8) is 0 Å². The number of carbonyl (C=O) groups excluding carboxylic acids is 2. The summed E-state index contributed by atoms with van der Waals surface area (Å²) in [5.41, 5.74) is 1.31. The first-order chi connectivity index (χ1) is 20.8. The van der Waals surface area contributed by atoms with Crippen molar-refractivity contribution >= 4 is 55.1 Å². The molecule has 230 valence electrons. The van der Waals surface area contributed by atoms with Gasteiger partial charge in [-0.3, -0.25) is 13.9 Å². The van der Waals surface area contributed by atoms with E-state index >= 15 is 0 Å². The lowest BCUT2D eigenvalue weighted by atomic mass is 10.0. The lowest BCUT2D eigenvalue weighted by Gasteiger charge is -2.35. The molecule has 1 N–H and O–H groups in total. The zero-order chi connectivity index (χ0) is 31.9. The molecule has 10 heteroatoms. The minimum atomic E-state index is -4.19. The molecule has 0 bridgehead atoms. The molecule has 0 aliphatic rings. The van der Waals surface area contributed by atoms with Gasteiger partial charge in [-0.25, -0.2) is 8.42 Å². The second-order valence-electron chi connectivity index (χ2n) is 11.4. The highest BCUT2D eigenvalue weighted by molar-refractivity contribution is 9.10. The van der Waals surface area contributed by atoms with Crippen molar-refractivity contribution in [2.45, 2.75) is 50.2 Å². The minimum absolute atomic E-state index is 0.0264. The van der Waals surface area contributed by atoms with Gasteiger partial charge in [0.05, 0.1) is 10.6 Å². The Balaban J connectivity index is 1.81. The number of amides is 2. The molecule has 0 spiro atoms. The maximum atomic E-state index is 14.5. The smallest absolute Gasteiger partial charge is 0.264 e. The number of nitrogens with one attached hydrogen (secondary N) is 1. The van der Waals surface area contributed by atoms with Crippen molar-refractivity contribution in [3.05, 3.63) is 130 Å². The van der Waals surface area contributed by atoms with Gasteiger partial charge in [0.25, 0.3) is 10.0 Å². The number of anilines is 1. The fourth-order valence-electron chi connectivity index (χ4n) is 4.67. The molecule has 0 aliphatic carbocycles. The number of rotatable bonds is 11. The van der Waals surface area contributed by atoms with Gasteiger partial charge < -0.3 is 10.2 Å². The largest absolute Gasteiger partial charge is 0.350 e. The lowest BCUT2D eigenvalue weighted by Crippen LogP contribution is -2.56. The van der Waals surface area contributed by atoms with Crippen molar-refractivity contribution in [1.82, 2.24) is 10.2 Å². The standard InChI is InChI=1S/C34H35BrClN3O4S/c1-34(2,3)37-33(41)31(21-25-11-6-4-7-12-25)38(23-26-17-19-27(35)20-18-26)32(40)24-39(29-14-10-13-28(36)22-29)44(42,43)30-15-8-5-9-16-30/h4-20,22,31H,21,23-24H2,1-3H3,(H,37,41)/t31-/m1/s1. The summed E-state index contributed by atoms with van der Waals surface area (Å²) in [6.45, 7) is 5.15. The summed E-state index contributed by atoms with van der Waals surface area (Å²) >= 11 is 9.72. The summed E-state index contributed by atoms with van der Waals surface area (Å²) in [5.74, 6) is -0.885. The zero-order valence-electron chi connectivity index (χ0n) is 24.8. The highest BCUT2D eigenvalue weighted by atomic mass is 79.9. The Labute approximate surface area is 273 Å². The summed E-state index contributed by atoms with van der Waals surface area (Å²) in [6.07, 6.45) is 0.230. The number of nitrogens with zero attached hydrogens (tertiary/aromatic N) is 2. The van der Waals surface area contributed by atoms with Gasteiger partial charge >= 0.3 is 0 Å². The van der Waals surface area contributed by atoms with Crippen LogP contribution in [0.15, 0.2) is 119 Å². The minimum Gasteiger partial charge on any atom is -0.350 e. The Morgan fingerprint density at radius 2 is 1.45 bits per heavy atom. The molecular weight excluding hydrogens is 662 g/mol. The van der Waals surface area contributed by atoms with E-state index in [0.717, 1.165) is 19.9 Å². The van der Waals surface area contributed by atoms with E-state index < -0.39 is 34.1 Å². The third kappa shape index (κ3) is 8.94. The monoisotopic (exact) mass is 695 g/mol. The van der Waals surface area contributed by atoms with Gasteiger partial charge in [0.1, 0.15) is 12.6 Å². The molecule has 0 heterocycles. The summed E-state index contributed by atoms with van der Waals surface area (Å²) in [7, 11) is -4.19. The quantitative estimate of drug-likeness (QED) is 0.186. The molecule has 0 aromatic heterocycles. The Bertz CT molecular complexity index is 1680. The predicted octanol–water partition coefficient (Wildman–Crippen LogP) is 6.85. The summed E-state index contributed by atoms with van der Waals surface area (Å²) < 4.78 is 29.9. The highest BCUT2D eigenvalue weighted by Crippen LogP contribution is 2.27. The van der Waals surface area contributed by atoms with Gasteiger partial charge in [-0.2, -0.15) is 0 Å². The average molecular weight is 697 g/mol. The van der Waals surface area contributed by atoms with E-state index in [1.165, 1.54) is 23.1 Å². The Kier molecular flexibility index (Phi) is 10.9. The van der Waals surface area contributed by atoms with E-state index in [4.69, 9.17) is 11.6 Å². The van der Waals surface area contributed by atoms with Gasteiger partial charge in [-0.05, 0) is 74.4 Å². The van der Waals surface area contributed by atoms with E-state index in [-0.39, 0.29) is 29.5 Å². The second-order valence-corrected chi connectivity index (χ2v) is 14.6. The zero-order valence-corrected chi connectivity index (χ0v) is 27.9. The fourth-order valence-corrected chi connectivity index (χ4v) is 6.55. The van der Waals surface area contributed by atoms with Crippen LogP contribution in [0.25, 0.3) is 0 Å². The van der Waals surface area contributed by atoms with Gasteiger partial charge in [-0.1, -0.05) is 94.3 Å². The van der Waals surface area contributed by atoms with Crippen LogP contribution in [0.1, 0.15) is 31.9 Å². The molecule has 0 unspecified atom stereocenters. The van der Waals surface area contributed by atoms with Crippen molar-refractivity contribution in [1.29, 1.82) is 0 Å². The molecule has 0 fully saturated rings. The van der Waals surface area contributed by atoms with Crippen LogP contribution < -0.4 is 9.62 Å². The number of hydrogen-bond donors (Lipinski definition) is 1. The Morgan fingerprint density at radius 1 is 0.841 bits per heavy atom. The van der Waals surface area contributed by atoms with Crippen LogP contribution in [0.2, 0.25) is 5.02 Å². The van der Waals surface area contributed by atoms with E-state index in [2.05, 4.69) is 21.2 Å². The first-order valence-electron chi connectivity index (χ1n) is 14.1. The van der Waals surface area contributed by atoms with Crippen molar-refractivity contribution in [2.75, 3.05) is 10.8 Å². The number of sulfonamides is 1. The number of halogens is 2. The number of hydrogen-bond acceptors (Lipinski definition) is 4. The summed E-state index contributed by atoms with van der Waals surface area (Å²) in [6, 6.07) is 30.2. The number of carbonyl (C=O) groups is 2. The van der Waals surface area contributed by atoms with Crippen LogP contribution in [0, 0.1) is 0 Å². The molecule has 7 nitrogen and oxygen atoms in total. The molecule has 4 aromatic rings. The SMILES string of the molecule is CC(C)(C)NC(=O)[C@@H](Cc1ccccc1)N(Cc1ccc(Br)cc1)C(=O)CN(c1cccc(Cl)c1)S(=O)(=O)c1ccccc1. The molecule has 4 rings (SSSR count). The Morgan fingerprint density at radius 3 is 2.05 bits per heavy atom. The normalized spacial score (nSPS) is 12.3. The van der Waals surface area contributed by atoms with Gasteiger partial charge in [-0.15, -0.1) is 0 Å². The highest BCUT2D eigenvalue weighted by Gasteiger charge is 2.35. The van der Waals surface area contributed by atoms with Crippen LogP contribution in [-0.4, -0.2) is 43.3 Å². The topological polar surface area (TPSA) is 86.8 Å². The molecule has 2 amide bonds. The van der Waals surface area contributed by atoms with Gasteiger partial charge in [0.2, 0.25) is 11.8 Å². The van der Waals surface area contributed by atoms with Crippen LogP contribution >= 0.6 is 27.5 Å². The molecule has 0 saturated heterocycles. The molecule has 0 saturated carbocycles. The first-order valence-corrected chi connectivity index (χ1v) is 16.7. The molecule has 0 radical (unpaired) electrons. The van der Waals surface area contributed by atoms with Crippen LogP contribution in [-0.2, 0) is 32.6 Å². The van der Waals surface area contributed by atoms with Gasteiger partial charge in [0.15, 0.2) is 0 Å². The molecule has 0 aliphatic heterocycles. The fraction of sp³-hybridized carbons (Fsp3) is 0.235. The van der Waals surface area contributed by atoms with E-state index in [9.17, 15) is 18.0 Å². The van der Waals surface area contributed by atoms with Crippen molar-refractivity contribution in [3.8, 4) is 0 Å². The second kappa shape index (κ2) is 14.4. The van der Waals surface area contributed by atoms with Crippen molar-refractivity contribution in [2.24, 2.45) is 0 Å². The molecule has 44 heavy (non-hydrogen) atoms. The molecule has 4 aromatic carbocycles. The lowest BCUT2D eigenvalue weighted by molar-refractivity contribution is -0.140. The van der Waals surface area contributed by atoms with Crippen molar-refractivity contribution < 1.29 is 18.0 Å². The first kappa shape index (κ1) is 33.2. The van der Waals surface area contributed by atoms with Crippen LogP contribution in [0.5, 0.6) is 0 Å². The van der Waals surface area contributed by atoms with Crippen LogP contribution in [0.4, 0.5) is 5.69 Å². The number of benzene rings is 4. The summed E-state index contributed by atoms with van der Waals surface area (Å²) in [5, 5.41) is 3.35. The van der Waals surface area contributed by atoms with E-state index in [0.29, 0.717) is 5.02 Å². The third-order valence-electron chi connectivity index (χ3n) is 6.74. The molecular formula is C34H35BrClN3O4S. The molecule has 1 atom stereocenters. The van der Waals surface area contributed by atoms with Gasteiger partial charge in [0, 0.05) is 28.0 Å². The van der Waals surface area contributed by atoms with E-state index in [1.807, 2.05) is 75.4 Å². The van der Waals surface area contributed by atoms with E-state index in [1.54, 1.807) is 36.4 Å². The van der Waals surface area contributed by atoms with Crippen LogP contribution in [0.3, 0.4) is 0 Å².